The molecule has 30 heavy (non-hydrogen) atoms. The lowest BCUT2D eigenvalue weighted by molar-refractivity contribution is 0.508. The van der Waals surface area contributed by atoms with Gasteiger partial charge in [-0.05, 0) is 56.0 Å². The fourth-order valence-corrected chi connectivity index (χ4v) is 3.60. The van der Waals surface area contributed by atoms with Crippen LogP contribution in [-0.4, -0.2) is 0 Å². The van der Waals surface area contributed by atoms with E-state index in [1.54, 1.807) is 0 Å². The summed E-state index contributed by atoms with van der Waals surface area (Å²) in [7, 11) is 0. The van der Waals surface area contributed by atoms with Crippen LogP contribution in [-0.2, 0) is 21.7 Å². The molecule has 0 aromatic heterocycles. The highest BCUT2D eigenvalue weighted by molar-refractivity contribution is 5.70. The monoisotopic (exact) mass is 414 g/mol. The van der Waals surface area contributed by atoms with Crippen molar-refractivity contribution in [3.8, 4) is 11.1 Å². The summed E-state index contributed by atoms with van der Waals surface area (Å²) in [4.78, 5) is 0. The predicted octanol–water partition coefficient (Wildman–Crippen LogP) is 8.82. The summed E-state index contributed by atoms with van der Waals surface area (Å²) in [6, 6.07) is 7.60. The number of hydrogen-bond acceptors (Lipinski definition) is 0. The summed E-state index contributed by atoms with van der Waals surface area (Å²) in [5, 5.41) is 0. The molecule has 2 rings (SSSR count). The van der Waals surface area contributed by atoms with E-state index in [2.05, 4.69) is 41.5 Å². The Bertz CT molecular complexity index is 858. The Balaban J connectivity index is 3.03. The first-order valence-electron chi connectivity index (χ1n) is 10.9. The van der Waals surface area contributed by atoms with Crippen molar-refractivity contribution in [3.63, 3.8) is 0 Å². The molecule has 0 saturated heterocycles. The van der Waals surface area contributed by atoms with Crippen LogP contribution in [0.3, 0.4) is 0 Å². The van der Waals surface area contributed by atoms with Crippen molar-refractivity contribution in [2.75, 3.05) is 0 Å². The molecule has 0 aliphatic rings. The fraction of sp³-hybridized carbons (Fsp3) is 0.571. The molecule has 0 atom stereocenters. The highest BCUT2D eigenvalue weighted by atomic mass is 19.1. The normalized spacial score (nSPS) is 13.7. The van der Waals surface area contributed by atoms with Gasteiger partial charge in [0.05, 0.1) is 0 Å². The Morgan fingerprint density at radius 3 is 0.900 bits per heavy atom. The Morgan fingerprint density at radius 2 is 0.700 bits per heavy atom. The standard InChI is InChI=1S/C28H40F2/c1-25(2,3)17-13-19(23(29)21(15-17)27(7,8)9)20-14-18(26(4,5)6)16-22(24(20)30)28(10,11)12/h13-16H,1-12H3. The molecule has 0 aliphatic carbocycles. The number of rotatable bonds is 1. The minimum absolute atomic E-state index is 0.173. The van der Waals surface area contributed by atoms with Gasteiger partial charge in [-0.2, -0.15) is 0 Å². The third kappa shape index (κ3) is 4.95. The van der Waals surface area contributed by atoms with Crippen molar-refractivity contribution in [3.05, 3.63) is 58.2 Å². The van der Waals surface area contributed by atoms with Crippen molar-refractivity contribution < 1.29 is 8.78 Å². The van der Waals surface area contributed by atoms with Crippen LogP contribution in [0.1, 0.15) is 105 Å². The minimum atomic E-state index is -0.384. The van der Waals surface area contributed by atoms with E-state index in [4.69, 9.17) is 0 Å². The van der Waals surface area contributed by atoms with Gasteiger partial charge in [-0.15, -0.1) is 0 Å². The smallest absolute Gasteiger partial charge is 0.134 e. The van der Waals surface area contributed by atoms with Gasteiger partial charge in [0.1, 0.15) is 11.6 Å². The first-order chi connectivity index (χ1) is 13.2. The highest BCUT2D eigenvalue weighted by Crippen LogP contribution is 2.41. The van der Waals surface area contributed by atoms with Crippen molar-refractivity contribution in [1.29, 1.82) is 0 Å². The van der Waals surface area contributed by atoms with Crippen LogP contribution in [0, 0.1) is 11.6 Å². The highest BCUT2D eigenvalue weighted by Gasteiger charge is 2.30. The van der Waals surface area contributed by atoms with E-state index < -0.39 is 0 Å². The van der Waals surface area contributed by atoms with Gasteiger partial charge in [-0.3, -0.25) is 0 Å². The Labute approximate surface area is 183 Å². The zero-order chi connectivity index (χ0) is 23.4. The summed E-state index contributed by atoms with van der Waals surface area (Å²) in [6.45, 7) is 24.7. The van der Waals surface area contributed by atoms with Crippen LogP contribution in [0.2, 0.25) is 0 Å². The first kappa shape index (κ1) is 24.6. The summed E-state index contributed by atoms with van der Waals surface area (Å²) < 4.78 is 31.8. The SMILES string of the molecule is CC(C)(C)c1cc(-c2cc(C(C)(C)C)cc(C(C)(C)C)c2F)c(F)c(C(C)(C)C)c1. The molecule has 0 nitrogen and oxygen atoms in total. The van der Waals surface area contributed by atoms with Crippen molar-refractivity contribution in [2.45, 2.75) is 105 Å². The molecule has 0 heterocycles. The predicted molar refractivity (Wildman–Crippen MR) is 127 cm³/mol. The van der Waals surface area contributed by atoms with Gasteiger partial charge >= 0.3 is 0 Å². The van der Waals surface area contributed by atoms with E-state index in [9.17, 15) is 0 Å². The number of benzene rings is 2. The van der Waals surface area contributed by atoms with Crippen LogP contribution in [0.25, 0.3) is 11.1 Å². The molecular weight excluding hydrogens is 374 g/mol. The average molecular weight is 415 g/mol. The Morgan fingerprint density at radius 1 is 0.433 bits per heavy atom. The van der Waals surface area contributed by atoms with Crippen LogP contribution >= 0.6 is 0 Å². The number of halogens is 2. The van der Waals surface area contributed by atoms with E-state index in [1.807, 2.05) is 65.8 Å². The van der Waals surface area contributed by atoms with Crippen molar-refractivity contribution in [2.24, 2.45) is 0 Å². The van der Waals surface area contributed by atoms with E-state index in [-0.39, 0.29) is 33.3 Å². The maximum atomic E-state index is 15.9. The van der Waals surface area contributed by atoms with Crippen LogP contribution in [0.4, 0.5) is 8.78 Å². The van der Waals surface area contributed by atoms with Gasteiger partial charge in [0.15, 0.2) is 0 Å². The molecule has 0 radical (unpaired) electrons. The lowest BCUT2D eigenvalue weighted by atomic mass is 9.76. The molecular formula is C28H40F2. The summed E-state index contributed by atoms with van der Waals surface area (Å²) in [6.07, 6.45) is 0. The molecule has 2 aromatic rings. The molecule has 0 fully saturated rings. The number of hydrogen-bond donors (Lipinski definition) is 0. The minimum Gasteiger partial charge on any atom is -0.206 e. The quantitative estimate of drug-likeness (QED) is 0.437. The second-order valence-corrected chi connectivity index (χ2v) is 12.8. The van der Waals surface area contributed by atoms with Gasteiger partial charge in [-0.25, -0.2) is 8.78 Å². The largest absolute Gasteiger partial charge is 0.206 e. The zero-order valence-electron chi connectivity index (χ0n) is 21.1. The van der Waals surface area contributed by atoms with E-state index in [0.29, 0.717) is 22.3 Å². The first-order valence-corrected chi connectivity index (χ1v) is 10.9. The Hall–Kier alpha value is -1.70. The maximum absolute atomic E-state index is 15.9. The van der Waals surface area contributed by atoms with Gasteiger partial charge in [-0.1, -0.05) is 95.2 Å². The second kappa shape index (κ2) is 7.46. The molecule has 2 heteroatoms. The summed E-state index contributed by atoms with van der Waals surface area (Å²) in [5.74, 6) is -0.638. The van der Waals surface area contributed by atoms with Gasteiger partial charge in [0.25, 0.3) is 0 Å². The van der Waals surface area contributed by atoms with Crippen molar-refractivity contribution >= 4 is 0 Å². The molecule has 0 unspecified atom stereocenters. The summed E-state index contributed by atoms with van der Waals surface area (Å²) in [5.41, 5.74) is 2.90. The van der Waals surface area contributed by atoms with Gasteiger partial charge in [0.2, 0.25) is 0 Å². The van der Waals surface area contributed by atoms with Gasteiger partial charge < -0.3 is 0 Å². The van der Waals surface area contributed by atoms with E-state index in [0.717, 1.165) is 11.1 Å². The molecule has 166 valence electrons. The van der Waals surface area contributed by atoms with Crippen molar-refractivity contribution in [1.82, 2.24) is 0 Å². The van der Waals surface area contributed by atoms with Crippen LogP contribution in [0.15, 0.2) is 24.3 Å². The molecule has 0 N–H and O–H groups in total. The lowest BCUT2D eigenvalue weighted by Crippen LogP contribution is -2.21. The molecule has 2 aromatic carbocycles. The lowest BCUT2D eigenvalue weighted by Gasteiger charge is -2.29. The van der Waals surface area contributed by atoms with Crippen LogP contribution in [0.5, 0.6) is 0 Å². The molecule has 0 bridgehead atoms. The van der Waals surface area contributed by atoms with E-state index in [1.165, 1.54) is 0 Å². The summed E-state index contributed by atoms with van der Waals surface area (Å²) >= 11 is 0. The topological polar surface area (TPSA) is 0 Å². The van der Waals surface area contributed by atoms with Gasteiger partial charge in [0, 0.05) is 11.1 Å². The third-order valence-corrected chi connectivity index (χ3v) is 5.78. The Kier molecular flexibility index (Phi) is 6.11. The van der Waals surface area contributed by atoms with Crippen LogP contribution < -0.4 is 0 Å². The fourth-order valence-electron chi connectivity index (χ4n) is 3.60. The molecule has 0 amide bonds. The second-order valence-electron chi connectivity index (χ2n) is 12.8. The average Bonchev–Trinajstić information content (AvgIpc) is 2.51. The molecule has 0 aliphatic heterocycles. The molecule has 0 saturated carbocycles. The third-order valence-electron chi connectivity index (χ3n) is 5.78. The van der Waals surface area contributed by atoms with E-state index >= 15 is 8.78 Å². The zero-order valence-corrected chi connectivity index (χ0v) is 21.1. The maximum Gasteiger partial charge on any atom is 0.134 e. The molecule has 0 spiro atoms.